The van der Waals surface area contributed by atoms with Crippen LogP contribution in [0.1, 0.15) is 13.3 Å². The SMILES string of the molecule is COCC(O)CN(C)C1CCOC1C. The molecule has 4 nitrogen and oxygen atoms in total. The molecule has 84 valence electrons. The van der Waals surface area contributed by atoms with Gasteiger partial charge in [-0.2, -0.15) is 0 Å². The van der Waals surface area contributed by atoms with E-state index in [4.69, 9.17) is 9.47 Å². The third kappa shape index (κ3) is 3.20. The minimum atomic E-state index is -0.405. The van der Waals surface area contributed by atoms with Crippen LogP contribution in [-0.4, -0.2) is 62.2 Å². The van der Waals surface area contributed by atoms with Gasteiger partial charge in [-0.05, 0) is 20.4 Å². The summed E-state index contributed by atoms with van der Waals surface area (Å²) >= 11 is 0. The van der Waals surface area contributed by atoms with Crippen molar-refractivity contribution in [2.75, 3.05) is 33.9 Å². The van der Waals surface area contributed by atoms with Gasteiger partial charge in [0.2, 0.25) is 0 Å². The van der Waals surface area contributed by atoms with Gasteiger partial charge in [0.15, 0.2) is 0 Å². The summed E-state index contributed by atoms with van der Waals surface area (Å²) in [5.74, 6) is 0. The lowest BCUT2D eigenvalue weighted by Gasteiger charge is -2.28. The number of aliphatic hydroxyl groups excluding tert-OH is 1. The molecule has 0 bridgehead atoms. The molecule has 1 aliphatic heterocycles. The first-order valence-corrected chi connectivity index (χ1v) is 5.14. The number of hydrogen-bond acceptors (Lipinski definition) is 4. The highest BCUT2D eigenvalue weighted by atomic mass is 16.5. The number of hydrogen-bond donors (Lipinski definition) is 1. The molecule has 0 amide bonds. The summed E-state index contributed by atoms with van der Waals surface area (Å²) in [7, 11) is 3.62. The van der Waals surface area contributed by atoms with Crippen LogP contribution < -0.4 is 0 Å². The molecule has 0 spiro atoms. The zero-order chi connectivity index (χ0) is 10.6. The van der Waals surface area contributed by atoms with Gasteiger partial charge in [-0.3, -0.25) is 4.90 Å². The van der Waals surface area contributed by atoms with Gasteiger partial charge in [-0.25, -0.2) is 0 Å². The summed E-state index contributed by atoms with van der Waals surface area (Å²) in [6.07, 6.45) is 0.921. The quantitative estimate of drug-likeness (QED) is 0.688. The predicted molar refractivity (Wildman–Crippen MR) is 54.3 cm³/mol. The number of likely N-dealkylation sites (N-methyl/N-ethyl adjacent to an activating group) is 1. The molecule has 3 atom stereocenters. The molecular weight excluding hydrogens is 182 g/mol. The van der Waals surface area contributed by atoms with Crippen LogP contribution in [0, 0.1) is 0 Å². The Hall–Kier alpha value is -0.160. The fourth-order valence-corrected chi connectivity index (χ4v) is 2.01. The van der Waals surface area contributed by atoms with Crippen molar-refractivity contribution in [1.29, 1.82) is 0 Å². The Morgan fingerprint density at radius 2 is 2.36 bits per heavy atom. The number of nitrogens with zero attached hydrogens (tertiary/aromatic N) is 1. The average Bonchev–Trinajstić information content (AvgIpc) is 2.51. The van der Waals surface area contributed by atoms with E-state index in [-0.39, 0.29) is 6.10 Å². The van der Waals surface area contributed by atoms with Crippen molar-refractivity contribution in [2.45, 2.75) is 31.6 Å². The van der Waals surface area contributed by atoms with Gasteiger partial charge in [0, 0.05) is 26.3 Å². The molecule has 1 rings (SSSR count). The standard InChI is InChI=1S/C10H21NO3/c1-8-10(4-5-14-8)11(2)6-9(12)7-13-3/h8-10,12H,4-7H2,1-3H3. The molecular formula is C10H21NO3. The van der Waals surface area contributed by atoms with Crippen molar-refractivity contribution in [1.82, 2.24) is 4.90 Å². The van der Waals surface area contributed by atoms with Crippen LogP contribution >= 0.6 is 0 Å². The minimum Gasteiger partial charge on any atom is -0.389 e. The third-order valence-electron chi connectivity index (χ3n) is 2.76. The van der Waals surface area contributed by atoms with Crippen molar-refractivity contribution in [3.8, 4) is 0 Å². The second kappa shape index (κ2) is 5.66. The van der Waals surface area contributed by atoms with Gasteiger partial charge in [-0.15, -0.1) is 0 Å². The fourth-order valence-electron chi connectivity index (χ4n) is 2.01. The monoisotopic (exact) mass is 203 g/mol. The molecule has 0 radical (unpaired) electrons. The highest BCUT2D eigenvalue weighted by Crippen LogP contribution is 2.18. The minimum absolute atomic E-state index is 0.273. The van der Waals surface area contributed by atoms with Crippen LogP contribution in [0.4, 0.5) is 0 Å². The molecule has 0 saturated carbocycles. The first-order chi connectivity index (χ1) is 6.65. The van der Waals surface area contributed by atoms with Crippen LogP contribution in [0.3, 0.4) is 0 Å². The molecule has 0 aromatic carbocycles. The molecule has 0 aromatic rings. The number of methoxy groups -OCH3 is 1. The zero-order valence-electron chi connectivity index (χ0n) is 9.27. The Morgan fingerprint density at radius 3 is 2.86 bits per heavy atom. The molecule has 0 aliphatic carbocycles. The van der Waals surface area contributed by atoms with Crippen molar-refractivity contribution in [3.63, 3.8) is 0 Å². The van der Waals surface area contributed by atoms with E-state index in [1.165, 1.54) is 0 Å². The Labute approximate surface area is 85.8 Å². The van der Waals surface area contributed by atoms with Gasteiger partial charge >= 0.3 is 0 Å². The van der Waals surface area contributed by atoms with E-state index < -0.39 is 6.10 Å². The average molecular weight is 203 g/mol. The molecule has 1 aliphatic rings. The lowest BCUT2D eigenvalue weighted by atomic mass is 10.1. The summed E-state index contributed by atoms with van der Waals surface area (Å²) in [5, 5.41) is 9.56. The third-order valence-corrected chi connectivity index (χ3v) is 2.76. The van der Waals surface area contributed by atoms with Gasteiger partial charge in [-0.1, -0.05) is 0 Å². The van der Waals surface area contributed by atoms with Gasteiger partial charge in [0.1, 0.15) is 0 Å². The van der Waals surface area contributed by atoms with E-state index in [9.17, 15) is 5.11 Å². The molecule has 1 heterocycles. The topological polar surface area (TPSA) is 41.9 Å². The summed E-state index contributed by atoms with van der Waals surface area (Å²) in [4.78, 5) is 2.15. The lowest BCUT2D eigenvalue weighted by molar-refractivity contribution is 0.0216. The molecule has 0 aromatic heterocycles. The normalized spacial score (nSPS) is 29.8. The van der Waals surface area contributed by atoms with Crippen molar-refractivity contribution in [3.05, 3.63) is 0 Å². The summed E-state index contributed by atoms with van der Waals surface area (Å²) < 4.78 is 10.4. The highest BCUT2D eigenvalue weighted by molar-refractivity contribution is 4.81. The predicted octanol–water partition coefficient (Wildman–Crippen LogP) is 0.103. The molecule has 1 N–H and O–H groups in total. The maximum absolute atomic E-state index is 9.56. The molecule has 3 unspecified atom stereocenters. The number of ether oxygens (including phenoxy) is 2. The Bertz CT molecular complexity index is 165. The molecule has 1 saturated heterocycles. The summed E-state index contributed by atoms with van der Waals surface area (Å²) in [6.45, 7) is 3.95. The van der Waals surface area contributed by atoms with Crippen molar-refractivity contribution >= 4 is 0 Å². The first kappa shape index (κ1) is 11.9. The Balaban J connectivity index is 2.29. The second-order valence-corrected chi connectivity index (χ2v) is 3.98. The largest absolute Gasteiger partial charge is 0.389 e. The molecule has 1 fully saturated rings. The van der Waals surface area contributed by atoms with Crippen LogP contribution in [0.25, 0.3) is 0 Å². The smallest absolute Gasteiger partial charge is 0.0900 e. The summed E-state index contributed by atoms with van der Waals surface area (Å²) in [5.41, 5.74) is 0. The highest BCUT2D eigenvalue weighted by Gasteiger charge is 2.28. The zero-order valence-corrected chi connectivity index (χ0v) is 9.27. The number of rotatable bonds is 5. The fraction of sp³-hybridized carbons (Fsp3) is 1.00. The van der Waals surface area contributed by atoms with Gasteiger partial charge in [0.25, 0.3) is 0 Å². The van der Waals surface area contributed by atoms with Crippen LogP contribution in [0.2, 0.25) is 0 Å². The van der Waals surface area contributed by atoms with Crippen molar-refractivity contribution < 1.29 is 14.6 Å². The van der Waals surface area contributed by atoms with Crippen LogP contribution in [0.15, 0.2) is 0 Å². The second-order valence-electron chi connectivity index (χ2n) is 3.98. The lowest BCUT2D eigenvalue weighted by Crippen LogP contribution is -2.42. The van der Waals surface area contributed by atoms with Crippen molar-refractivity contribution in [2.24, 2.45) is 0 Å². The van der Waals surface area contributed by atoms with Crippen LogP contribution in [-0.2, 0) is 9.47 Å². The van der Waals surface area contributed by atoms with Gasteiger partial charge in [0.05, 0.1) is 18.8 Å². The summed E-state index contributed by atoms with van der Waals surface area (Å²) in [6, 6.07) is 0.432. The first-order valence-electron chi connectivity index (χ1n) is 5.14. The molecule has 4 heteroatoms. The number of aliphatic hydroxyl groups is 1. The van der Waals surface area contributed by atoms with E-state index in [0.29, 0.717) is 19.2 Å². The van der Waals surface area contributed by atoms with E-state index in [1.54, 1.807) is 7.11 Å². The van der Waals surface area contributed by atoms with Crippen LogP contribution in [0.5, 0.6) is 0 Å². The van der Waals surface area contributed by atoms with E-state index in [1.807, 2.05) is 7.05 Å². The van der Waals surface area contributed by atoms with E-state index in [0.717, 1.165) is 13.0 Å². The van der Waals surface area contributed by atoms with E-state index >= 15 is 0 Å². The van der Waals surface area contributed by atoms with E-state index in [2.05, 4.69) is 11.8 Å². The maximum atomic E-state index is 9.56. The Kier molecular flexibility index (Phi) is 4.81. The Morgan fingerprint density at radius 1 is 1.64 bits per heavy atom. The van der Waals surface area contributed by atoms with Gasteiger partial charge < -0.3 is 14.6 Å². The maximum Gasteiger partial charge on any atom is 0.0900 e. The molecule has 14 heavy (non-hydrogen) atoms.